The molecule has 0 aliphatic carbocycles. The number of carbonyl (C=O) groups is 1. The molecule has 2 fully saturated rings. The van der Waals surface area contributed by atoms with E-state index in [1.54, 1.807) is 11.8 Å². The van der Waals surface area contributed by atoms with Gasteiger partial charge in [0.1, 0.15) is 0 Å². The highest BCUT2D eigenvalue weighted by molar-refractivity contribution is 7.99. The molecule has 1 amide bonds. The molecule has 0 aromatic rings. The summed E-state index contributed by atoms with van der Waals surface area (Å²) in [6, 6.07) is 0. The molecule has 2 saturated heterocycles. The lowest BCUT2D eigenvalue weighted by Crippen LogP contribution is -2.49. The van der Waals surface area contributed by atoms with Crippen LogP contribution in [-0.2, 0) is 4.79 Å². The molecule has 2 aliphatic heterocycles. The van der Waals surface area contributed by atoms with E-state index in [9.17, 15) is 9.90 Å². The van der Waals surface area contributed by atoms with E-state index >= 15 is 0 Å². The number of aliphatic hydroxyl groups is 1. The number of rotatable bonds is 4. The van der Waals surface area contributed by atoms with Crippen LogP contribution in [0.25, 0.3) is 0 Å². The van der Waals surface area contributed by atoms with Gasteiger partial charge in [-0.05, 0) is 38.1 Å². The smallest absolute Gasteiger partial charge is 0.252 e. The van der Waals surface area contributed by atoms with Gasteiger partial charge in [0.15, 0.2) is 5.60 Å². The Hall–Kier alpha value is -0.260. The number of nitrogens with zero attached hydrogens (tertiary/aromatic N) is 1. The molecule has 0 bridgehead atoms. The largest absolute Gasteiger partial charge is 0.379 e. The summed E-state index contributed by atoms with van der Waals surface area (Å²) in [6.07, 6.45) is 4.47. The van der Waals surface area contributed by atoms with E-state index in [-0.39, 0.29) is 5.91 Å². The third-order valence-electron chi connectivity index (χ3n) is 3.59. The van der Waals surface area contributed by atoms with Crippen molar-refractivity contribution in [2.75, 3.05) is 37.7 Å². The molecular formula is C12H22N2O2S. The zero-order valence-electron chi connectivity index (χ0n) is 10.3. The lowest BCUT2D eigenvalue weighted by atomic mass is 10.0. The van der Waals surface area contributed by atoms with E-state index in [1.165, 1.54) is 19.3 Å². The Morgan fingerprint density at radius 1 is 1.35 bits per heavy atom. The maximum Gasteiger partial charge on any atom is 0.252 e. The van der Waals surface area contributed by atoms with Crippen molar-refractivity contribution in [3.05, 3.63) is 0 Å². The number of amides is 1. The van der Waals surface area contributed by atoms with Crippen molar-refractivity contribution < 1.29 is 9.90 Å². The second-order valence-corrected chi connectivity index (χ2v) is 6.10. The molecule has 0 spiro atoms. The summed E-state index contributed by atoms with van der Waals surface area (Å²) in [5.74, 6) is 1.25. The van der Waals surface area contributed by atoms with Crippen molar-refractivity contribution in [3.63, 3.8) is 0 Å². The summed E-state index contributed by atoms with van der Waals surface area (Å²) in [7, 11) is 0. The molecule has 0 radical (unpaired) electrons. The molecule has 1 atom stereocenters. The first-order valence-electron chi connectivity index (χ1n) is 6.51. The van der Waals surface area contributed by atoms with E-state index in [4.69, 9.17) is 0 Å². The third-order valence-corrected chi connectivity index (χ3v) is 4.76. The average molecular weight is 258 g/mol. The third kappa shape index (κ3) is 3.60. The number of piperidine rings is 1. The minimum absolute atomic E-state index is 0.181. The van der Waals surface area contributed by atoms with Crippen LogP contribution in [0.4, 0.5) is 0 Å². The van der Waals surface area contributed by atoms with E-state index < -0.39 is 5.60 Å². The Kier molecular flexibility index (Phi) is 4.70. The summed E-state index contributed by atoms with van der Waals surface area (Å²) in [5, 5.41) is 12.9. The van der Waals surface area contributed by atoms with Gasteiger partial charge in [0.25, 0.3) is 5.91 Å². The van der Waals surface area contributed by atoms with Crippen LogP contribution in [0.5, 0.6) is 0 Å². The predicted octanol–water partition coefficient (Wildman–Crippen LogP) is 0.456. The highest BCUT2D eigenvalue weighted by atomic mass is 32.2. The molecule has 5 heteroatoms. The summed E-state index contributed by atoms with van der Waals surface area (Å²) in [5.41, 5.74) is -1.10. The van der Waals surface area contributed by atoms with E-state index in [2.05, 4.69) is 10.2 Å². The number of thioether (sulfide) groups is 1. The fourth-order valence-corrected chi connectivity index (χ4v) is 3.65. The molecule has 1 unspecified atom stereocenters. The lowest BCUT2D eigenvalue weighted by molar-refractivity contribution is -0.137. The van der Waals surface area contributed by atoms with Crippen LogP contribution in [0.1, 0.15) is 25.7 Å². The quantitative estimate of drug-likeness (QED) is 0.769. The van der Waals surface area contributed by atoms with Gasteiger partial charge < -0.3 is 15.3 Å². The molecular weight excluding hydrogens is 236 g/mol. The molecule has 2 N–H and O–H groups in total. The number of likely N-dealkylation sites (tertiary alicyclic amines) is 1. The van der Waals surface area contributed by atoms with Crippen LogP contribution in [0, 0.1) is 0 Å². The Morgan fingerprint density at radius 2 is 2.12 bits per heavy atom. The Morgan fingerprint density at radius 3 is 2.76 bits per heavy atom. The molecule has 2 rings (SSSR count). The summed E-state index contributed by atoms with van der Waals surface area (Å²) in [4.78, 5) is 14.2. The van der Waals surface area contributed by atoms with Crippen LogP contribution < -0.4 is 5.32 Å². The highest BCUT2D eigenvalue weighted by Gasteiger charge is 2.39. The van der Waals surface area contributed by atoms with Gasteiger partial charge in [0, 0.05) is 18.8 Å². The van der Waals surface area contributed by atoms with E-state index in [0.717, 1.165) is 25.4 Å². The molecule has 4 nitrogen and oxygen atoms in total. The van der Waals surface area contributed by atoms with Crippen LogP contribution in [-0.4, -0.2) is 59.2 Å². The first-order valence-corrected chi connectivity index (χ1v) is 7.67. The van der Waals surface area contributed by atoms with Gasteiger partial charge in [-0.3, -0.25) is 4.79 Å². The summed E-state index contributed by atoms with van der Waals surface area (Å²) >= 11 is 1.65. The van der Waals surface area contributed by atoms with Crippen molar-refractivity contribution in [3.8, 4) is 0 Å². The van der Waals surface area contributed by atoms with Gasteiger partial charge in [-0.1, -0.05) is 6.42 Å². The molecule has 0 aromatic heterocycles. The summed E-state index contributed by atoms with van der Waals surface area (Å²) < 4.78 is 0. The number of hydrogen-bond acceptors (Lipinski definition) is 4. The molecule has 2 aliphatic rings. The first-order chi connectivity index (χ1) is 8.21. The summed E-state index contributed by atoms with van der Waals surface area (Å²) in [6.45, 7) is 3.87. The minimum atomic E-state index is -1.10. The standard InChI is InChI=1S/C12H22N2O2S/c15-11(12(16)4-9-17-10-12)13-5-8-14-6-2-1-3-7-14/h16H,1-10H2,(H,13,15). The molecule has 98 valence electrons. The number of hydrogen-bond donors (Lipinski definition) is 2. The molecule has 0 saturated carbocycles. The first kappa shape index (κ1) is 13.2. The minimum Gasteiger partial charge on any atom is -0.379 e. The van der Waals surface area contributed by atoms with Gasteiger partial charge in [-0.25, -0.2) is 0 Å². The van der Waals surface area contributed by atoms with Crippen molar-refractivity contribution in [1.29, 1.82) is 0 Å². The fraction of sp³-hybridized carbons (Fsp3) is 0.917. The SMILES string of the molecule is O=C(NCCN1CCCCC1)C1(O)CCSC1. The van der Waals surface area contributed by atoms with E-state index in [1.807, 2.05) is 0 Å². The maximum absolute atomic E-state index is 11.8. The van der Waals surface area contributed by atoms with Crippen molar-refractivity contribution in [1.82, 2.24) is 10.2 Å². The highest BCUT2D eigenvalue weighted by Crippen LogP contribution is 2.27. The van der Waals surface area contributed by atoms with Crippen molar-refractivity contribution >= 4 is 17.7 Å². The van der Waals surface area contributed by atoms with Crippen LogP contribution in [0.2, 0.25) is 0 Å². The predicted molar refractivity (Wildman–Crippen MR) is 70.2 cm³/mol. The second-order valence-electron chi connectivity index (χ2n) is 4.99. The Labute approximate surface area is 107 Å². The zero-order chi connectivity index (χ0) is 12.1. The van der Waals surface area contributed by atoms with Gasteiger partial charge >= 0.3 is 0 Å². The topological polar surface area (TPSA) is 52.6 Å². The number of carbonyl (C=O) groups excluding carboxylic acids is 1. The van der Waals surface area contributed by atoms with Crippen LogP contribution >= 0.6 is 11.8 Å². The normalized spacial score (nSPS) is 30.4. The van der Waals surface area contributed by atoms with Gasteiger partial charge in [-0.15, -0.1) is 0 Å². The van der Waals surface area contributed by atoms with Crippen LogP contribution in [0.15, 0.2) is 0 Å². The molecule has 0 aromatic carbocycles. The number of nitrogens with one attached hydrogen (secondary N) is 1. The van der Waals surface area contributed by atoms with Crippen molar-refractivity contribution in [2.24, 2.45) is 0 Å². The Balaban J connectivity index is 1.65. The van der Waals surface area contributed by atoms with Gasteiger partial charge in [0.2, 0.25) is 0 Å². The van der Waals surface area contributed by atoms with Crippen LogP contribution in [0.3, 0.4) is 0 Å². The zero-order valence-corrected chi connectivity index (χ0v) is 11.1. The molecule has 17 heavy (non-hydrogen) atoms. The second kappa shape index (κ2) is 6.07. The van der Waals surface area contributed by atoms with E-state index in [0.29, 0.717) is 18.7 Å². The van der Waals surface area contributed by atoms with Gasteiger partial charge in [0.05, 0.1) is 0 Å². The van der Waals surface area contributed by atoms with Gasteiger partial charge in [-0.2, -0.15) is 11.8 Å². The fourth-order valence-electron chi connectivity index (χ4n) is 2.41. The average Bonchev–Trinajstić information content (AvgIpc) is 2.79. The maximum atomic E-state index is 11.8. The molecule has 2 heterocycles. The monoisotopic (exact) mass is 258 g/mol. The van der Waals surface area contributed by atoms with Crippen molar-refractivity contribution in [2.45, 2.75) is 31.3 Å². The lowest BCUT2D eigenvalue weighted by Gasteiger charge is -2.27. The Bertz CT molecular complexity index is 261.